The topological polar surface area (TPSA) is 67.1 Å². The van der Waals surface area contributed by atoms with Crippen LogP contribution in [0.2, 0.25) is 0 Å². The highest BCUT2D eigenvalue weighted by Gasteiger charge is 2.20. The number of aromatic nitrogens is 2. The number of nitrogens with one attached hydrogen (secondary N) is 1. The van der Waals surface area contributed by atoms with Gasteiger partial charge in [-0.25, -0.2) is 0 Å². The van der Waals surface area contributed by atoms with Crippen LogP contribution in [0.25, 0.3) is 0 Å². The minimum absolute atomic E-state index is 0.332. The Morgan fingerprint density at radius 2 is 2.24 bits per heavy atom. The van der Waals surface area contributed by atoms with E-state index in [1.54, 1.807) is 0 Å². The molecule has 0 bridgehead atoms. The summed E-state index contributed by atoms with van der Waals surface area (Å²) in [7, 11) is 2.07. The number of nitrogens with zero attached hydrogens (tertiary/aromatic N) is 3. The Morgan fingerprint density at radius 1 is 1.47 bits per heavy atom. The van der Waals surface area contributed by atoms with Crippen LogP contribution in [0.3, 0.4) is 0 Å². The third-order valence-electron chi connectivity index (χ3n) is 3.24. The van der Waals surface area contributed by atoms with Crippen molar-refractivity contribution in [1.29, 1.82) is 0 Å². The van der Waals surface area contributed by atoms with Gasteiger partial charge >= 0.3 is 0 Å². The number of nitrogen functional groups attached to an aromatic ring is 1. The number of hydrogen-bond acceptors (Lipinski definition) is 5. The highest BCUT2D eigenvalue weighted by Crippen LogP contribution is 2.28. The van der Waals surface area contributed by atoms with Crippen LogP contribution in [0.4, 0.5) is 17.6 Å². The van der Waals surface area contributed by atoms with Gasteiger partial charge in [0.25, 0.3) is 0 Å². The van der Waals surface area contributed by atoms with Gasteiger partial charge in [-0.3, -0.25) is 0 Å². The van der Waals surface area contributed by atoms with Crippen molar-refractivity contribution in [3.63, 3.8) is 0 Å². The Balaban J connectivity index is 2.06. The lowest BCUT2D eigenvalue weighted by molar-refractivity contribution is 0.321. The fraction of sp³-hybridized carbons (Fsp3) is 0.667. The van der Waals surface area contributed by atoms with E-state index in [2.05, 4.69) is 27.2 Å². The van der Waals surface area contributed by atoms with Gasteiger partial charge in [0.1, 0.15) is 11.6 Å². The lowest BCUT2D eigenvalue weighted by Crippen LogP contribution is -2.30. The van der Waals surface area contributed by atoms with Crippen molar-refractivity contribution < 1.29 is 0 Å². The van der Waals surface area contributed by atoms with E-state index in [1.807, 2.05) is 13.0 Å². The first kappa shape index (κ1) is 12.0. The van der Waals surface area contributed by atoms with Crippen molar-refractivity contribution in [3.8, 4) is 0 Å². The van der Waals surface area contributed by atoms with Crippen LogP contribution in [-0.2, 0) is 0 Å². The summed E-state index contributed by atoms with van der Waals surface area (Å²) < 4.78 is 0. The molecule has 0 spiro atoms. The van der Waals surface area contributed by atoms with Crippen LogP contribution in [-0.4, -0.2) is 30.1 Å². The molecule has 1 saturated carbocycles. The van der Waals surface area contributed by atoms with Gasteiger partial charge in [0, 0.05) is 26.2 Å². The molecule has 94 valence electrons. The van der Waals surface area contributed by atoms with Gasteiger partial charge in [0.05, 0.1) is 0 Å². The highest BCUT2D eigenvalue weighted by atomic mass is 15.2. The number of hydrogen-bond donors (Lipinski definition) is 2. The third kappa shape index (κ3) is 2.99. The quantitative estimate of drug-likeness (QED) is 0.813. The van der Waals surface area contributed by atoms with Gasteiger partial charge < -0.3 is 16.0 Å². The largest absolute Gasteiger partial charge is 0.370 e. The van der Waals surface area contributed by atoms with E-state index in [0.717, 1.165) is 30.6 Å². The number of anilines is 3. The van der Waals surface area contributed by atoms with Crippen molar-refractivity contribution in [2.24, 2.45) is 5.92 Å². The van der Waals surface area contributed by atoms with E-state index < -0.39 is 0 Å². The van der Waals surface area contributed by atoms with Crippen LogP contribution in [0.1, 0.15) is 26.2 Å². The van der Waals surface area contributed by atoms with E-state index in [0.29, 0.717) is 5.95 Å². The van der Waals surface area contributed by atoms with E-state index >= 15 is 0 Å². The molecule has 1 aromatic heterocycles. The second-order valence-electron chi connectivity index (χ2n) is 4.68. The normalized spacial score (nSPS) is 15.4. The Kier molecular flexibility index (Phi) is 3.66. The molecule has 0 radical (unpaired) electrons. The second-order valence-corrected chi connectivity index (χ2v) is 4.68. The van der Waals surface area contributed by atoms with Gasteiger partial charge in [-0.15, -0.1) is 0 Å². The molecule has 17 heavy (non-hydrogen) atoms. The van der Waals surface area contributed by atoms with Gasteiger partial charge in [-0.1, -0.05) is 6.42 Å². The maximum Gasteiger partial charge on any atom is 0.223 e. The molecule has 0 atom stereocenters. The molecule has 0 aliphatic heterocycles. The maximum atomic E-state index is 5.72. The first-order valence-electron chi connectivity index (χ1n) is 6.28. The van der Waals surface area contributed by atoms with Crippen molar-refractivity contribution in [2.45, 2.75) is 26.2 Å². The molecule has 1 aliphatic rings. The fourth-order valence-corrected chi connectivity index (χ4v) is 2.08. The molecule has 1 aromatic rings. The Hall–Kier alpha value is -1.52. The highest BCUT2D eigenvalue weighted by molar-refractivity contribution is 5.52. The van der Waals surface area contributed by atoms with Crippen molar-refractivity contribution in [1.82, 2.24) is 9.97 Å². The SMILES string of the molecule is CCNc1cc(N(C)CC2CCC2)nc(N)n1. The average Bonchev–Trinajstić information content (AvgIpc) is 2.23. The fourth-order valence-electron chi connectivity index (χ4n) is 2.08. The van der Waals surface area contributed by atoms with Crippen LogP contribution < -0.4 is 16.0 Å². The molecule has 1 fully saturated rings. The summed E-state index contributed by atoms with van der Waals surface area (Å²) >= 11 is 0. The monoisotopic (exact) mass is 235 g/mol. The minimum atomic E-state index is 0.332. The van der Waals surface area contributed by atoms with Gasteiger partial charge in [0.15, 0.2) is 0 Å². The van der Waals surface area contributed by atoms with Crippen LogP contribution in [0.15, 0.2) is 6.07 Å². The summed E-state index contributed by atoms with van der Waals surface area (Å²) in [6, 6.07) is 1.96. The molecule has 0 amide bonds. The smallest absolute Gasteiger partial charge is 0.223 e. The van der Waals surface area contributed by atoms with Crippen molar-refractivity contribution in [2.75, 3.05) is 36.1 Å². The molecular formula is C12H21N5. The standard InChI is InChI=1S/C12H21N5/c1-3-14-10-7-11(16-12(13)15-10)17(2)8-9-5-4-6-9/h7,9H,3-6,8H2,1-2H3,(H3,13,14,15,16). The summed E-state index contributed by atoms with van der Waals surface area (Å²) in [6.07, 6.45) is 4.04. The first-order valence-corrected chi connectivity index (χ1v) is 6.28. The molecular weight excluding hydrogens is 214 g/mol. The second kappa shape index (κ2) is 5.21. The van der Waals surface area contributed by atoms with Crippen molar-refractivity contribution in [3.05, 3.63) is 6.07 Å². The molecule has 1 aliphatic carbocycles. The molecule has 5 nitrogen and oxygen atoms in total. The Bertz CT molecular complexity index is 375. The zero-order chi connectivity index (χ0) is 12.3. The predicted molar refractivity (Wildman–Crippen MR) is 71.2 cm³/mol. The molecule has 0 saturated heterocycles. The predicted octanol–water partition coefficient (Wildman–Crippen LogP) is 1.73. The summed E-state index contributed by atoms with van der Waals surface area (Å²) in [6.45, 7) is 3.93. The van der Waals surface area contributed by atoms with Gasteiger partial charge in [-0.05, 0) is 25.7 Å². The summed E-state index contributed by atoms with van der Waals surface area (Å²) in [4.78, 5) is 10.6. The number of rotatable bonds is 5. The van der Waals surface area contributed by atoms with E-state index in [-0.39, 0.29) is 0 Å². The van der Waals surface area contributed by atoms with Gasteiger partial charge in [-0.2, -0.15) is 9.97 Å². The van der Waals surface area contributed by atoms with Crippen LogP contribution >= 0.6 is 0 Å². The first-order chi connectivity index (χ1) is 8.19. The average molecular weight is 235 g/mol. The summed E-state index contributed by atoms with van der Waals surface area (Å²) in [5.74, 6) is 2.86. The maximum absolute atomic E-state index is 5.72. The third-order valence-corrected chi connectivity index (χ3v) is 3.24. The lowest BCUT2D eigenvalue weighted by Gasteiger charge is -2.30. The van der Waals surface area contributed by atoms with Gasteiger partial charge in [0.2, 0.25) is 5.95 Å². The zero-order valence-corrected chi connectivity index (χ0v) is 10.6. The van der Waals surface area contributed by atoms with Crippen molar-refractivity contribution >= 4 is 17.6 Å². The lowest BCUT2D eigenvalue weighted by atomic mass is 9.85. The van der Waals surface area contributed by atoms with Crippen LogP contribution in [0.5, 0.6) is 0 Å². The zero-order valence-electron chi connectivity index (χ0n) is 10.6. The minimum Gasteiger partial charge on any atom is -0.370 e. The summed E-state index contributed by atoms with van der Waals surface area (Å²) in [5, 5.41) is 3.17. The molecule has 2 rings (SSSR count). The van der Waals surface area contributed by atoms with Crippen LogP contribution in [0, 0.1) is 5.92 Å². The molecule has 0 unspecified atom stereocenters. The molecule has 0 aromatic carbocycles. The Labute approximate surface area is 102 Å². The van der Waals surface area contributed by atoms with E-state index in [4.69, 9.17) is 5.73 Å². The molecule has 5 heteroatoms. The molecule has 3 N–H and O–H groups in total. The van der Waals surface area contributed by atoms with E-state index in [9.17, 15) is 0 Å². The number of nitrogens with two attached hydrogens (primary N) is 1. The van der Waals surface area contributed by atoms with E-state index in [1.165, 1.54) is 19.3 Å². The Morgan fingerprint density at radius 3 is 2.82 bits per heavy atom. The molecule has 1 heterocycles. The summed E-state index contributed by atoms with van der Waals surface area (Å²) in [5.41, 5.74) is 5.72.